The Morgan fingerprint density at radius 2 is 1.86 bits per heavy atom. The van der Waals surface area contributed by atoms with E-state index in [-0.39, 0.29) is 12.1 Å². The molecular formula is C17H34N2O2. The van der Waals surface area contributed by atoms with Crippen LogP contribution in [0.2, 0.25) is 0 Å². The van der Waals surface area contributed by atoms with Gasteiger partial charge in [0.1, 0.15) is 5.60 Å². The number of carbonyl (C=O) groups is 1. The van der Waals surface area contributed by atoms with Gasteiger partial charge >= 0.3 is 6.09 Å². The normalized spacial score (nSPS) is 23.3. The third kappa shape index (κ3) is 8.30. The lowest BCUT2D eigenvalue weighted by Crippen LogP contribution is -2.54. The summed E-state index contributed by atoms with van der Waals surface area (Å²) >= 11 is 0. The third-order valence-corrected chi connectivity index (χ3v) is 3.87. The van der Waals surface area contributed by atoms with Crippen LogP contribution in [0.15, 0.2) is 0 Å². The highest BCUT2D eigenvalue weighted by molar-refractivity contribution is 5.68. The molecule has 1 fully saturated rings. The summed E-state index contributed by atoms with van der Waals surface area (Å²) in [5.74, 6) is 0. The van der Waals surface area contributed by atoms with E-state index in [1.165, 1.54) is 32.1 Å². The first-order valence-corrected chi connectivity index (χ1v) is 8.55. The molecule has 1 atom stereocenters. The minimum absolute atomic E-state index is 0.268. The zero-order valence-electron chi connectivity index (χ0n) is 14.5. The number of alkyl carbamates (subject to hydrolysis) is 1. The maximum absolute atomic E-state index is 11.6. The minimum Gasteiger partial charge on any atom is -0.444 e. The summed E-state index contributed by atoms with van der Waals surface area (Å²) < 4.78 is 5.27. The lowest BCUT2D eigenvalue weighted by molar-refractivity contribution is 0.0463. The molecule has 4 heteroatoms. The van der Waals surface area contributed by atoms with Gasteiger partial charge in [0.25, 0.3) is 0 Å². The smallest absolute Gasteiger partial charge is 0.407 e. The first-order chi connectivity index (χ1) is 9.80. The number of hydrogen-bond donors (Lipinski definition) is 2. The van der Waals surface area contributed by atoms with E-state index in [4.69, 9.17) is 4.74 Å². The van der Waals surface area contributed by atoms with E-state index >= 15 is 0 Å². The van der Waals surface area contributed by atoms with Crippen molar-refractivity contribution in [1.29, 1.82) is 0 Å². The molecule has 0 spiro atoms. The molecule has 21 heavy (non-hydrogen) atoms. The summed E-state index contributed by atoms with van der Waals surface area (Å²) in [5, 5.41) is 6.59. The van der Waals surface area contributed by atoms with Crippen molar-refractivity contribution < 1.29 is 9.53 Å². The maximum atomic E-state index is 11.6. The van der Waals surface area contributed by atoms with Crippen LogP contribution < -0.4 is 10.6 Å². The van der Waals surface area contributed by atoms with Crippen molar-refractivity contribution in [3.63, 3.8) is 0 Å². The van der Waals surface area contributed by atoms with Gasteiger partial charge in [0.15, 0.2) is 0 Å². The van der Waals surface area contributed by atoms with Gasteiger partial charge < -0.3 is 15.4 Å². The topological polar surface area (TPSA) is 50.4 Å². The summed E-state index contributed by atoms with van der Waals surface area (Å²) in [5.41, 5.74) is -0.418. The molecule has 1 amide bonds. The molecule has 0 bridgehead atoms. The van der Waals surface area contributed by atoms with Crippen molar-refractivity contribution in [1.82, 2.24) is 10.6 Å². The first kappa shape index (κ1) is 18.3. The quantitative estimate of drug-likeness (QED) is 0.666. The highest BCUT2D eigenvalue weighted by Gasteiger charge is 2.32. The van der Waals surface area contributed by atoms with Crippen LogP contribution in [0.5, 0.6) is 0 Å². The maximum Gasteiger partial charge on any atom is 0.407 e. The average Bonchev–Trinajstić information content (AvgIpc) is 2.29. The second-order valence-electron chi connectivity index (χ2n) is 7.43. The van der Waals surface area contributed by atoms with Gasteiger partial charge in [-0.3, -0.25) is 0 Å². The zero-order valence-corrected chi connectivity index (χ0v) is 14.5. The molecule has 124 valence electrons. The number of nitrogens with one attached hydrogen (secondary N) is 2. The van der Waals surface area contributed by atoms with Crippen molar-refractivity contribution in [2.75, 3.05) is 0 Å². The van der Waals surface area contributed by atoms with Crippen LogP contribution in [-0.2, 0) is 4.74 Å². The summed E-state index contributed by atoms with van der Waals surface area (Å²) in [6.45, 7) is 10.2. The average molecular weight is 298 g/mol. The summed E-state index contributed by atoms with van der Waals surface area (Å²) in [6.07, 6.45) is 8.28. The fourth-order valence-electron chi connectivity index (χ4n) is 2.71. The number of hydrogen-bond acceptors (Lipinski definition) is 3. The molecule has 0 saturated heterocycles. The Labute approximate surface area is 130 Å². The molecule has 0 aromatic heterocycles. The molecule has 1 rings (SSSR count). The highest BCUT2D eigenvalue weighted by atomic mass is 16.6. The first-order valence-electron chi connectivity index (χ1n) is 8.55. The highest BCUT2D eigenvalue weighted by Crippen LogP contribution is 2.22. The number of carbonyl (C=O) groups excluding carboxylic acids is 1. The molecule has 0 aliphatic heterocycles. The lowest BCUT2D eigenvalue weighted by Gasteiger charge is -2.38. The molecule has 0 radical (unpaired) electrons. The molecule has 2 N–H and O–H groups in total. The molecule has 1 unspecified atom stereocenters. The van der Waals surface area contributed by atoms with E-state index < -0.39 is 5.60 Å². The molecule has 0 aromatic carbocycles. The number of unbranched alkanes of at least 4 members (excludes halogenated alkanes) is 3. The van der Waals surface area contributed by atoms with Crippen LogP contribution in [0.4, 0.5) is 4.79 Å². The Morgan fingerprint density at radius 3 is 2.43 bits per heavy atom. The van der Waals surface area contributed by atoms with Crippen LogP contribution in [0.25, 0.3) is 0 Å². The van der Waals surface area contributed by atoms with Gasteiger partial charge in [0.05, 0.1) is 0 Å². The molecule has 1 aliphatic carbocycles. The molecule has 1 saturated carbocycles. The van der Waals surface area contributed by atoms with Crippen molar-refractivity contribution >= 4 is 6.09 Å². The van der Waals surface area contributed by atoms with Crippen molar-refractivity contribution in [3.8, 4) is 0 Å². The van der Waals surface area contributed by atoms with Gasteiger partial charge in [-0.05, 0) is 47.0 Å². The number of amides is 1. The summed E-state index contributed by atoms with van der Waals surface area (Å²) in [6, 6.07) is 1.39. The predicted molar refractivity (Wildman–Crippen MR) is 87.5 cm³/mol. The van der Waals surface area contributed by atoms with Gasteiger partial charge in [0, 0.05) is 18.1 Å². The van der Waals surface area contributed by atoms with Crippen LogP contribution in [0, 0.1) is 0 Å². The predicted octanol–water partition coefficient (Wildman–Crippen LogP) is 3.99. The van der Waals surface area contributed by atoms with E-state index in [0.717, 1.165) is 12.8 Å². The van der Waals surface area contributed by atoms with Crippen molar-refractivity contribution in [2.45, 2.75) is 103 Å². The van der Waals surface area contributed by atoms with E-state index in [9.17, 15) is 4.79 Å². The summed E-state index contributed by atoms with van der Waals surface area (Å²) in [4.78, 5) is 11.6. The van der Waals surface area contributed by atoms with Gasteiger partial charge in [-0.1, -0.05) is 32.6 Å². The second kappa shape index (κ2) is 8.62. The Morgan fingerprint density at radius 1 is 1.19 bits per heavy atom. The largest absolute Gasteiger partial charge is 0.444 e. The molecule has 0 aromatic rings. The fourth-order valence-corrected chi connectivity index (χ4v) is 2.71. The van der Waals surface area contributed by atoms with Gasteiger partial charge in [-0.15, -0.1) is 0 Å². The fraction of sp³-hybridized carbons (Fsp3) is 0.941. The van der Waals surface area contributed by atoms with Gasteiger partial charge in [-0.2, -0.15) is 0 Å². The van der Waals surface area contributed by atoms with Crippen LogP contribution in [0.1, 0.15) is 79.6 Å². The Kier molecular flexibility index (Phi) is 7.50. The monoisotopic (exact) mass is 298 g/mol. The van der Waals surface area contributed by atoms with Crippen molar-refractivity contribution in [3.05, 3.63) is 0 Å². The van der Waals surface area contributed by atoms with E-state index in [1.807, 2.05) is 20.8 Å². The molecular weight excluding hydrogens is 264 g/mol. The number of rotatable bonds is 8. The molecule has 1 aliphatic rings. The second-order valence-corrected chi connectivity index (χ2v) is 7.43. The lowest BCUT2D eigenvalue weighted by atomic mass is 9.86. The third-order valence-electron chi connectivity index (χ3n) is 3.87. The van der Waals surface area contributed by atoms with E-state index in [1.54, 1.807) is 0 Å². The van der Waals surface area contributed by atoms with E-state index in [0.29, 0.717) is 12.1 Å². The molecule has 4 nitrogen and oxygen atoms in total. The Hall–Kier alpha value is -0.770. The van der Waals surface area contributed by atoms with Crippen molar-refractivity contribution in [2.24, 2.45) is 0 Å². The zero-order chi connectivity index (χ0) is 15.9. The summed E-state index contributed by atoms with van der Waals surface area (Å²) in [7, 11) is 0. The Bertz CT molecular complexity index is 306. The van der Waals surface area contributed by atoms with Crippen LogP contribution >= 0.6 is 0 Å². The van der Waals surface area contributed by atoms with Crippen LogP contribution in [0.3, 0.4) is 0 Å². The minimum atomic E-state index is -0.418. The molecule has 0 heterocycles. The van der Waals surface area contributed by atoms with Gasteiger partial charge in [-0.25, -0.2) is 4.79 Å². The standard InChI is InChI=1S/C17H34N2O2/c1-6-7-8-9-10-13(2)18-14-11-15(12-14)19-16(20)21-17(3,4)5/h13-15,18H,6-12H2,1-5H3,(H,19,20). The van der Waals surface area contributed by atoms with Gasteiger partial charge in [0.2, 0.25) is 0 Å². The van der Waals surface area contributed by atoms with E-state index in [2.05, 4.69) is 24.5 Å². The van der Waals surface area contributed by atoms with Crippen LogP contribution in [-0.4, -0.2) is 29.8 Å². The SMILES string of the molecule is CCCCCCC(C)NC1CC(NC(=O)OC(C)(C)C)C1. The number of ether oxygens (including phenoxy) is 1. The Balaban J connectivity index is 2.06.